The number of carbonyl (C=O) groups excluding carboxylic acids is 1. The zero-order chi connectivity index (χ0) is 12.8. The monoisotopic (exact) mass is 275 g/mol. The molecule has 1 aromatic carbocycles. The summed E-state index contributed by atoms with van der Waals surface area (Å²) in [6.07, 6.45) is 0.837. The van der Waals surface area contributed by atoms with E-state index >= 15 is 0 Å². The maximum atomic E-state index is 11.8. The SMILES string of the molecule is CC(CCCl)CNC(=O)c1cc(Cl)ccc1O. The molecular weight excluding hydrogens is 261 g/mol. The summed E-state index contributed by atoms with van der Waals surface area (Å²) in [6, 6.07) is 4.38. The Morgan fingerprint density at radius 3 is 2.88 bits per heavy atom. The Bertz CT molecular complexity index is 396. The first-order valence-electron chi connectivity index (χ1n) is 5.37. The van der Waals surface area contributed by atoms with Gasteiger partial charge in [0.2, 0.25) is 0 Å². The highest BCUT2D eigenvalue weighted by atomic mass is 35.5. The summed E-state index contributed by atoms with van der Waals surface area (Å²) in [7, 11) is 0. The Morgan fingerprint density at radius 2 is 2.24 bits per heavy atom. The summed E-state index contributed by atoms with van der Waals surface area (Å²) >= 11 is 11.4. The third-order valence-corrected chi connectivity index (χ3v) is 2.87. The van der Waals surface area contributed by atoms with Gasteiger partial charge < -0.3 is 10.4 Å². The molecule has 0 aliphatic rings. The van der Waals surface area contributed by atoms with Crippen molar-refractivity contribution in [3.8, 4) is 5.75 Å². The van der Waals surface area contributed by atoms with Crippen LogP contribution in [-0.2, 0) is 0 Å². The van der Waals surface area contributed by atoms with Crippen molar-refractivity contribution >= 4 is 29.1 Å². The molecule has 0 bridgehead atoms. The molecule has 0 aliphatic heterocycles. The highest BCUT2D eigenvalue weighted by molar-refractivity contribution is 6.31. The Hall–Kier alpha value is -0.930. The number of benzene rings is 1. The van der Waals surface area contributed by atoms with Crippen molar-refractivity contribution in [2.45, 2.75) is 13.3 Å². The molecule has 0 aromatic heterocycles. The molecule has 0 heterocycles. The second kappa shape index (κ2) is 6.72. The lowest BCUT2D eigenvalue weighted by atomic mass is 10.1. The number of hydrogen-bond donors (Lipinski definition) is 2. The first-order valence-corrected chi connectivity index (χ1v) is 6.28. The number of phenolic OH excluding ortho intramolecular Hbond substituents is 1. The van der Waals surface area contributed by atoms with Crippen LogP contribution in [0, 0.1) is 5.92 Å². The lowest BCUT2D eigenvalue weighted by Gasteiger charge is -2.11. The number of nitrogens with one attached hydrogen (secondary N) is 1. The van der Waals surface area contributed by atoms with Crippen molar-refractivity contribution in [2.24, 2.45) is 5.92 Å². The van der Waals surface area contributed by atoms with Crippen molar-refractivity contribution < 1.29 is 9.90 Å². The molecule has 1 rings (SSSR count). The van der Waals surface area contributed by atoms with E-state index in [0.717, 1.165) is 6.42 Å². The molecule has 1 aromatic rings. The van der Waals surface area contributed by atoms with E-state index in [1.807, 2.05) is 6.92 Å². The van der Waals surface area contributed by atoms with Crippen LogP contribution in [0.1, 0.15) is 23.7 Å². The molecule has 0 saturated heterocycles. The molecule has 2 N–H and O–H groups in total. The maximum Gasteiger partial charge on any atom is 0.255 e. The van der Waals surface area contributed by atoms with Gasteiger partial charge in [-0.2, -0.15) is 0 Å². The largest absolute Gasteiger partial charge is 0.507 e. The van der Waals surface area contributed by atoms with Gasteiger partial charge in [-0.1, -0.05) is 18.5 Å². The van der Waals surface area contributed by atoms with Crippen molar-refractivity contribution in [2.75, 3.05) is 12.4 Å². The van der Waals surface area contributed by atoms with Gasteiger partial charge in [0.1, 0.15) is 5.75 Å². The molecule has 0 spiro atoms. The molecular formula is C12H15Cl2NO2. The number of alkyl halides is 1. The highest BCUT2D eigenvalue weighted by Gasteiger charge is 2.12. The van der Waals surface area contributed by atoms with E-state index in [1.54, 1.807) is 0 Å². The maximum absolute atomic E-state index is 11.8. The molecule has 0 radical (unpaired) electrons. The predicted molar refractivity (Wildman–Crippen MR) is 70.0 cm³/mol. The fraction of sp³-hybridized carbons (Fsp3) is 0.417. The fourth-order valence-corrected chi connectivity index (χ4v) is 1.89. The summed E-state index contributed by atoms with van der Waals surface area (Å²) < 4.78 is 0. The van der Waals surface area contributed by atoms with Gasteiger partial charge in [-0.05, 0) is 30.5 Å². The summed E-state index contributed by atoms with van der Waals surface area (Å²) in [4.78, 5) is 11.8. The first-order chi connectivity index (χ1) is 8.04. The van der Waals surface area contributed by atoms with Crippen LogP contribution in [-0.4, -0.2) is 23.4 Å². The number of carbonyl (C=O) groups is 1. The Balaban J connectivity index is 2.61. The van der Waals surface area contributed by atoms with Gasteiger partial charge in [0, 0.05) is 17.4 Å². The number of aromatic hydroxyl groups is 1. The number of rotatable bonds is 5. The number of halogens is 2. The minimum atomic E-state index is -0.327. The molecule has 0 aliphatic carbocycles. The molecule has 0 saturated carbocycles. The molecule has 17 heavy (non-hydrogen) atoms. The average molecular weight is 276 g/mol. The van der Waals surface area contributed by atoms with Gasteiger partial charge in [-0.25, -0.2) is 0 Å². The van der Waals surface area contributed by atoms with Gasteiger partial charge in [0.25, 0.3) is 5.91 Å². The minimum absolute atomic E-state index is 0.0723. The Morgan fingerprint density at radius 1 is 1.53 bits per heavy atom. The summed E-state index contributed by atoms with van der Waals surface area (Å²) in [5.41, 5.74) is 0.190. The van der Waals surface area contributed by atoms with Crippen LogP contribution < -0.4 is 5.32 Å². The zero-order valence-electron chi connectivity index (χ0n) is 9.54. The fourth-order valence-electron chi connectivity index (χ4n) is 1.34. The first kappa shape index (κ1) is 14.1. The number of hydrogen-bond acceptors (Lipinski definition) is 2. The van der Waals surface area contributed by atoms with Crippen molar-refractivity contribution in [1.82, 2.24) is 5.32 Å². The highest BCUT2D eigenvalue weighted by Crippen LogP contribution is 2.21. The van der Waals surface area contributed by atoms with E-state index in [9.17, 15) is 9.90 Å². The third-order valence-electron chi connectivity index (χ3n) is 2.42. The van der Waals surface area contributed by atoms with Crippen LogP contribution >= 0.6 is 23.2 Å². The van der Waals surface area contributed by atoms with Crippen LogP contribution in [0.2, 0.25) is 5.02 Å². The van der Waals surface area contributed by atoms with Crippen LogP contribution in [0.25, 0.3) is 0 Å². The van der Waals surface area contributed by atoms with Crippen molar-refractivity contribution in [1.29, 1.82) is 0 Å². The molecule has 1 amide bonds. The predicted octanol–water partition coefficient (Wildman–Crippen LogP) is 3.04. The summed E-state index contributed by atoms with van der Waals surface area (Å²) in [5.74, 6) is 0.473. The van der Waals surface area contributed by atoms with Crippen molar-refractivity contribution in [3.05, 3.63) is 28.8 Å². The minimum Gasteiger partial charge on any atom is -0.507 e. The number of phenols is 1. The van der Waals surface area contributed by atoms with Gasteiger partial charge in [0.05, 0.1) is 5.56 Å². The normalized spacial score (nSPS) is 12.2. The molecule has 1 unspecified atom stereocenters. The summed E-state index contributed by atoms with van der Waals surface area (Å²) in [5, 5.41) is 12.7. The molecule has 3 nitrogen and oxygen atoms in total. The third kappa shape index (κ3) is 4.44. The van der Waals surface area contributed by atoms with Gasteiger partial charge in [-0.15, -0.1) is 11.6 Å². The second-order valence-corrected chi connectivity index (χ2v) is 4.77. The quantitative estimate of drug-likeness (QED) is 0.812. The van der Waals surface area contributed by atoms with E-state index in [-0.39, 0.29) is 17.2 Å². The van der Waals surface area contributed by atoms with Crippen LogP contribution in [0.15, 0.2) is 18.2 Å². The van der Waals surface area contributed by atoms with Crippen LogP contribution in [0.4, 0.5) is 0 Å². The second-order valence-electron chi connectivity index (χ2n) is 3.95. The molecule has 0 fully saturated rings. The van der Waals surface area contributed by atoms with E-state index in [2.05, 4.69) is 5.32 Å². The van der Waals surface area contributed by atoms with E-state index in [4.69, 9.17) is 23.2 Å². The van der Waals surface area contributed by atoms with Gasteiger partial charge in [0.15, 0.2) is 0 Å². The molecule has 94 valence electrons. The van der Waals surface area contributed by atoms with E-state index < -0.39 is 0 Å². The lowest BCUT2D eigenvalue weighted by molar-refractivity contribution is 0.0945. The van der Waals surface area contributed by atoms with Crippen LogP contribution in [0.5, 0.6) is 5.75 Å². The molecule has 1 atom stereocenters. The van der Waals surface area contributed by atoms with Crippen LogP contribution in [0.3, 0.4) is 0 Å². The topological polar surface area (TPSA) is 49.3 Å². The smallest absolute Gasteiger partial charge is 0.255 e. The van der Waals surface area contributed by atoms with E-state index in [1.165, 1.54) is 18.2 Å². The standard InChI is InChI=1S/C12H15Cl2NO2/c1-8(4-5-13)7-15-12(17)10-6-9(14)2-3-11(10)16/h2-3,6,8,16H,4-5,7H2,1H3,(H,15,17). The zero-order valence-corrected chi connectivity index (χ0v) is 11.1. The lowest BCUT2D eigenvalue weighted by Crippen LogP contribution is -2.28. The average Bonchev–Trinajstić information content (AvgIpc) is 2.29. The number of amides is 1. The van der Waals surface area contributed by atoms with E-state index in [0.29, 0.717) is 23.4 Å². The van der Waals surface area contributed by atoms with Gasteiger partial charge in [-0.3, -0.25) is 4.79 Å². The summed E-state index contributed by atoms with van der Waals surface area (Å²) in [6.45, 7) is 2.53. The van der Waals surface area contributed by atoms with Gasteiger partial charge >= 0.3 is 0 Å². The Labute approximate surface area is 111 Å². The Kier molecular flexibility index (Phi) is 5.59. The van der Waals surface area contributed by atoms with Crippen molar-refractivity contribution in [3.63, 3.8) is 0 Å². The molecule has 5 heteroatoms.